The minimum Gasteiger partial charge on any atom is -0.0890 e. The SMILES string of the molecule is BrC1CCC(Br)CC(I)CCCCC(I)C1. The van der Waals surface area contributed by atoms with Crippen LogP contribution >= 0.6 is 77.0 Å². The maximum absolute atomic E-state index is 3.83. The van der Waals surface area contributed by atoms with Gasteiger partial charge in [-0.25, -0.2) is 0 Å². The normalized spacial score (nSPS) is 39.8. The fraction of sp³-hybridized carbons (Fsp3) is 1.00. The molecule has 0 aliphatic heterocycles. The van der Waals surface area contributed by atoms with Gasteiger partial charge in [-0.05, 0) is 38.5 Å². The van der Waals surface area contributed by atoms with Gasteiger partial charge in [-0.15, -0.1) is 0 Å². The van der Waals surface area contributed by atoms with Gasteiger partial charge in [0.05, 0.1) is 0 Å². The topological polar surface area (TPSA) is 0 Å². The summed E-state index contributed by atoms with van der Waals surface area (Å²) in [5.41, 5.74) is 0. The Kier molecular flexibility index (Phi) is 9.62. The Balaban J connectivity index is 2.40. The number of hydrogen-bond donors (Lipinski definition) is 0. The zero-order chi connectivity index (χ0) is 12.0. The summed E-state index contributed by atoms with van der Waals surface area (Å²) in [6.45, 7) is 0. The number of rotatable bonds is 0. The van der Waals surface area contributed by atoms with Crippen LogP contribution in [0, 0.1) is 0 Å². The van der Waals surface area contributed by atoms with Crippen molar-refractivity contribution >= 4 is 77.0 Å². The van der Waals surface area contributed by atoms with E-state index in [-0.39, 0.29) is 0 Å². The van der Waals surface area contributed by atoms with Gasteiger partial charge in [0.2, 0.25) is 0 Å². The standard InChI is InChI=1S/C12H20Br2I2/c13-9-5-6-10(14)8-12(16)4-2-1-3-11(15)7-9/h9-12H,1-8H2. The van der Waals surface area contributed by atoms with Gasteiger partial charge in [-0.2, -0.15) is 0 Å². The van der Waals surface area contributed by atoms with Crippen molar-refractivity contribution in [3.05, 3.63) is 0 Å². The van der Waals surface area contributed by atoms with Crippen molar-refractivity contribution in [1.82, 2.24) is 0 Å². The molecule has 0 heterocycles. The van der Waals surface area contributed by atoms with Crippen molar-refractivity contribution in [2.75, 3.05) is 0 Å². The maximum atomic E-state index is 3.83. The van der Waals surface area contributed by atoms with Gasteiger partial charge in [-0.1, -0.05) is 89.9 Å². The molecule has 0 spiro atoms. The molecule has 1 aliphatic rings. The minimum atomic E-state index is 0.724. The number of halogens is 4. The van der Waals surface area contributed by atoms with Gasteiger partial charge in [0.15, 0.2) is 0 Å². The van der Waals surface area contributed by atoms with Crippen molar-refractivity contribution in [3.8, 4) is 0 Å². The average molecular weight is 578 g/mol. The zero-order valence-electron chi connectivity index (χ0n) is 9.48. The predicted molar refractivity (Wildman–Crippen MR) is 98.0 cm³/mol. The molecule has 0 radical (unpaired) electrons. The third-order valence-electron chi connectivity index (χ3n) is 3.10. The zero-order valence-corrected chi connectivity index (χ0v) is 17.0. The molecule has 0 N–H and O–H groups in total. The molecular weight excluding hydrogens is 558 g/mol. The summed E-state index contributed by atoms with van der Waals surface area (Å²) >= 11 is 12.9. The summed E-state index contributed by atoms with van der Waals surface area (Å²) in [4.78, 5) is 1.45. The molecule has 1 saturated carbocycles. The Morgan fingerprint density at radius 2 is 1.06 bits per heavy atom. The number of hydrogen-bond acceptors (Lipinski definition) is 0. The first-order valence-electron chi connectivity index (χ1n) is 6.14. The number of alkyl halides is 4. The van der Waals surface area contributed by atoms with Gasteiger partial charge in [-0.3, -0.25) is 0 Å². The van der Waals surface area contributed by atoms with E-state index < -0.39 is 0 Å². The van der Waals surface area contributed by atoms with Gasteiger partial charge >= 0.3 is 0 Å². The van der Waals surface area contributed by atoms with Gasteiger partial charge < -0.3 is 0 Å². The van der Waals surface area contributed by atoms with E-state index in [0.717, 1.165) is 17.5 Å². The van der Waals surface area contributed by atoms with Crippen molar-refractivity contribution < 1.29 is 0 Å². The maximum Gasteiger partial charge on any atom is 0.0156 e. The molecule has 4 atom stereocenters. The van der Waals surface area contributed by atoms with Gasteiger partial charge in [0.25, 0.3) is 0 Å². The quantitative estimate of drug-likeness (QED) is 0.236. The molecule has 16 heavy (non-hydrogen) atoms. The Morgan fingerprint density at radius 3 is 1.44 bits per heavy atom. The van der Waals surface area contributed by atoms with E-state index >= 15 is 0 Å². The first-order valence-corrected chi connectivity index (χ1v) is 10.5. The lowest BCUT2D eigenvalue weighted by atomic mass is 10.0. The molecule has 0 aromatic rings. The Hall–Kier alpha value is 2.42. The van der Waals surface area contributed by atoms with Crippen LogP contribution in [0.2, 0.25) is 0 Å². The van der Waals surface area contributed by atoms with Crippen LogP contribution in [0.25, 0.3) is 0 Å². The lowest BCUT2D eigenvalue weighted by Gasteiger charge is -2.20. The van der Waals surface area contributed by atoms with Crippen LogP contribution in [0.3, 0.4) is 0 Å². The summed E-state index contributed by atoms with van der Waals surface area (Å²) in [6.07, 6.45) is 11.0. The van der Waals surface area contributed by atoms with E-state index in [1.165, 1.54) is 51.4 Å². The minimum absolute atomic E-state index is 0.724. The van der Waals surface area contributed by atoms with Crippen molar-refractivity contribution in [2.24, 2.45) is 0 Å². The lowest BCUT2D eigenvalue weighted by molar-refractivity contribution is 0.546. The Labute approximate surface area is 144 Å². The second-order valence-electron chi connectivity index (χ2n) is 4.72. The van der Waals surface area contributed by atoms with Crippen LogP contribution in [0.1, 0.15) is 51.4 Å². The second-order valence-corrected chi connectivity index (χ2v) is 10.8. The fourth-order valence-electron chi connectivity index (χ4n) is 2.12. The van der Waals surface area contributed by atoms with Crippen molar-refractivity contribution in [3.63, 3.8) is 0 Å². The molecule has 1 fully saturated rings. The summed E-state index contributed by atoms with van der Waals surface area (Å²) < 4.78 is 1.73. The monoisotopic (exact) mass is 576 g/mol. The summed E-state index contributed by atoms with van der Waals surface area (Å²) in [6, 6.07) is 0. The molecule has 96 valence electrons. The largest absolute Gasteiger partial charge is 0.0890 e. The molecule has 1 aliphatic carbocycles. The highest BCUT2D eigenvalue weighted by Gasteiger charge is 2.17. The average Bonchev–Trinajstić information content (AvgIpc) is 2.20. The molecule has 0 amide bonds. The third kappa shape index (κ3) is 7.77. The summed E-state index contributed by atoms with van der Waals surface area (Å²) in [5, 5.41) is 0. The summed E-state index contributed by atoms with van der Waals surface area (Å²) in [7, 11) is 0. The van der Waals surface area contributed by atoms with Crippen LogP contribution in [0.15, 0.2) is 0 Å². The van der Waals surface area contributed by atoms with Crippen molar-refractivity contribution in [1.29, 1.82) is 0 Å². The second kappa shape index (κ2) is 9.34. The summed E-state index contributed by atoms with van der Waals surface area (Å²) in [5.74, 6) is 0. The molecule has 0 nitrogen and oxygen atoms in total. The predicted octanol–water partition coefficient (Wildman–Crippen LogP) is 6.26. The van der Waals surface area contributed by atoms with Crippen LogP contribution in [-0.4, -0.2) is 17.5 Å². The van der Waals surface area contributed by atoms with Crippen LogP contribution in [0.4, 0.5) is 0 Å². The van der Waals surface area contributed by atoms with E-state index in [0.29, 0.717) is 0 Å². The molecule has 4 unspecified atom stereocenters. The fourth-order valence-corrected chi connectivity index (χ4v) is 7.06. The van der Waals surface area contributed by atoms with E-state index in [4.69, 9.17) is 0 Å². The Bertz CT molecular complexity index is 170. The van der Waals surface area contributed by atoms with Crippen molar-refractivity contribution in [2.45, 2.75) is 68.9 Å². The van der Waals surface area contributed by atoms with E-state index in [1.807, 2.05) is 0 Å². The Morgan fingerprint density at radius 1 is 0.688 bits per heavy atom. The first-order chi connectivity index (χ1) is 7.58. The van der Waals surface area contributed by atoms with Crippen LogP contribution < -0.4 is 0 Å². The van der Waals surface area contributed by atoms with E-state index in [9.17, 15) is 0 Å². The lowest BCUT2D eigenvalue weighted by Crippen LogP contribution is -2.14. The highest BCUT2D eigenvalue weighted by Crippen LogP contribution is 2.29. The third-order valence-corrected chi connectivity index (χ3v) is 7.03. The molecule has 0 bridgehead atoms. The highest BCUT2D eigenvalue weighted by molar-refractivity contribution is 14.1. The molecule has 0 saturated heterocycles. The molecule has 1 rings (SSSR count). The van der Waals surface area contributed by atoms with E-state index in [2.05, 4.69) is 77.0 Å². The molecule has 0 aromatic heterocycles. The van der Waals surface area contributed by atoms with Crippen LogP contribution in [-0.2, 0) is 0 Å². The highest BCUT2D eigenvalue weighted by atomic mass is 127. The molecular formula is C12H20Br2I2. The van der Waals surface area contributed by atoms with Gasteiger partial charge in [0, 0.05) is 17.5 Å². The first kappa shape index (κ1) is 16.5. The molecule has 0 aromatic carbocycles. The smallest absolute Gasteiger partial charge is 0.0156 e. The van der Waals surface area contributed by atoms with E-state index in [1.54, 1.807) is 0 Å². The van der Waals surface area contributed by atoms with Gasteiger partial charge in [0.1, 0.15) is 0 Å². The molecule has 4 heteroatoms. The van der Waals surface area contributed by atoms with Crippen LogP contribution in [0.5, 0.6) is 0 Å².